The van der Waals surface area contributed by atoms with Crippen LogP contribution < -0.4 is 16.2 Å². The number of rotatable bonds is 3. The van der Waals surface area contributed by atoms with Crippen molar-refractivity contribution in [3.05, 3.63) is 57.5 Å². The highest BCUT2D eigenvalue weighted by Crippen LogP contribution is 2.31. The molecule has 136 valence electrons. The van der Waals surface area contributed by atoms with E-state index in [1.54, 1.807) is 12.1 Å². The van der Waals surface area contributed by atoms with Crippen molar-refractivity contribution in [3.8, 4) is 5.75 Å². The van der Waals surface area contributed by atoms with Gasteiger partial charge in [-0.25, -0.2) is 9.37 Å². The average molecular weight is 358 g/mol. The van der Waals surface area contributed by atoms with Gasteiger partial charge in [-0.3, -0.25) is 14.2 Å². The van der Waals surface area contributed by atoms with Crippen LogP contribution >= 0.6 is 0 Å². The molecule has 2 bridgehead atoms. The van der Waals surface area contributed by atoms with Gasteiger partial charge in [0.05, 0.1) is 0 Å². The molecule has 2 atom stereocenters. The van der Waals surface area contributed by atoms with Gasteiger partial charge in [0.25, 0.3) is 11.5 Å². The number of fused-ring (bicyclic) bond motifs is 4. The molecule has 0 aliphatic carbocycles. The summed E-state index contributed by atoms with van der Waals surface area (Å²) >= 11 is 0. The molecule has 1 aromatic carbocycles. The summed E-state index contributed by atoms with van der Waals surface area (Å²) in [4.78, 5) is 29.3. The summed E-state index contributed by atoms with van der Waals surface area (Å²) in [6.07, 6.45) is 0.918. The Bertz CT molecular complexity index is 910. The molecule has 3 heterocycles. The van der Waals surface area contributed by atoms with Crippen LogP contribution in [-0.4, -0.2) is 33.7 Å². The van der Waals surface area contributed by atoms with E-state index in [4.69, 9.17) is 0 Å². The maximum atomic E-state index is 12.9. The highest BCUT2D eigenvalue weighted by atomic mass is 19.1. The quantitative estimate of drug-likeness (QED) is 0.752. The van der Waals surface area contributed by atoms with Crippen LogP contribution in [0.4, 0.5) is 4.39 Å². The summed E-state index contributed by atoms with van der Waals surface area (Å²) in [6.45, 7) is 2.18. The summed E-state index contributed by atoms with van der Waals surface area (Å²) in [5.41, 5.74) is -0.126. The molecular formula is C18H19FN4O3. The van der Waals surface area contributed by atoms with Crippen molar-refractivity contribution in [2.24, 2.45) is 5.92 Å². The molecule has 2 aliphatic rings. The smallest absolute Gasteiger partial charge is 0.296 e. The highest BCUT2D eigenvalue weighted by Gasteiger charge is 2.34. The fourth-order valence-electron chi connectivity index (χ4n) is 3.70. The second-order valence-corrected chi connectivity index (χ2v) is 6.85. The largest absolute Gasteiger partial charge is 0.501 e. The first-order chi connectivity index (χ1) is 12.5. The van der Waals surface area contributed by atoms with Gasteiger partial charge in [-0.1, -0.05) is 12.1 Å². The number of hydrogen-bond donors (Lipinski definition) is 3. The zero-order valence-electron chi connectivity index (χ0n) is 14.0. The Kier molecular flexibility index (Phi) is 4.20. The number of carbonyl (C=O) groups excluding carboxylic acids is 1. The first-order valence-electron chi connectivity index (χ1n) is 8.60. The summed E-state index contributed by atoms with van der Waals surface area (Å²) in [6, 6.07) is 5.71. The van der Waals surface area contributed by atoms with Crippen molar-refractivity contribution in [2.75, 3.05) is 13.1 Å². The van der Waals surface area contributed by atoms with Crippen LogP contribution in [0.1, 0.15) is 34.2 Å². The van der Waals surface area contributed by atoms with Crippen LogP contribution in [0.3, 0.4) is 0 Å². The molecule has 1 aromatic heterocycles. The Balaban J connectivity index is 1.60. The van der Waals surface area contributed by atoms with Crippen molar-refractivity contribution in [1.29, 1.82) is 0 Å². The van der Waals surface area contributed by atoms with E-state index in [0.29, 0.717) is 30.4 Å². The normalized spacial score (nSPS) is 21.1. The van der Waals surface area contributed by atoms with Crippen LogP contribution in [0, 0.1) is 11.7 Å². The minimum atomic E-state index is -0.627. The molecule has 2 aliphatic heterocycles. The number of carbonyl (C=O) groups is 1. The van der Waals surface area contributed by atoms with Crippen LogP contribution in [0.2, 0.25) is 0 Å². The van der Waals surface area contributed by atoms with E-state index in [9.17, 15) is 19.1 Å². The third-order valence-electron chi connectivity index (χ3n) is 5.00. The number of aromatic nitrogens is 2. The van der Waals surface area contributed by atoms with Crippen LogP contribution in [-0.2, 0) is 13.1 Å². The molecular weight excluding hydrogens is 339 g/mol. The SMILES string of the molecule is O=C(NCc1ccc(F)cc1)c1nc2n(c(=O)c1O)CC1CNCC2C1. The fraction of sp³-hybridized carbons (Fsp3) is 0.389. The van der Waals surface area contributed by atoms with Gasteiger partial charge < -0.3 is 15.7 Å². The summed E-state index contributed by atoms with van der Waals surface area (Å²) < 4.78 is 14.4. The Morgan fingerprint density at radius 3 is 2.88 bits per heavy atom. The van der Waals surface area contributed by atoms with Crippen molar-refractivity contribution >= 4 is 5.91 Å². The maximum absolute atomic E-state index is 12.9. The molecule has 1 fully saturated rings. The molecule has 4 rings (SSSR count). The summed E-state index contributed by atoms with van der Waals surface area (Å²) in [5.74, 6) is -0.682. The van der Waals surface area contributed by atoms with E-state index in [1.807, 2.05) is 0 Å². The van der Waals surface area contributed by atoms with Crippen molar-refractivity contribution in [1.82, 2.24) is 20.2 Å². The number of halogens is 1. The molecule has 1 saturated heterocycles. The summed E-state index contributed by atoms with van der Waals surface area (Å²) in [7, 11) is 0. The molecule has 1 amide bonds. The predicted molar refractivity (Wildman–Crippen MR) is 91.4 cm³/mol. The predicted octanol–water partition coefficient (Wildman–Crippen LogP) is 0.725. The number of aromatic hydroxyl groups is 1. The molecule has 2 unspecified atom stereocenters. The lowest BCUT2D eigenvalue weighted by molar-refractivity contribution is 0.0940. The van der Waals surface area contributed by atoms with E-state index in [-0.39, 0.29) is 24.0 Å². The van der Waals surface area contributed by atoms with Gasteiger partial charge in [0.1, 0.15) is 11.6 Å². The zero-order chi connectivity index (χ0) is 18.3. The molecule has 8 heteroatoms. The lowest BCUT2D eigenvalue weighted by Gasteiger charge is -2.36. The van der Waals surface area contributed by atoms with Crippen molar-refractivity contribution < 1.29 is 14.3 Å². The van der Waals surface area contributed by atoms with Gasteiger partial charge in [-0.05, 0) is 36.6 Å². The zero-order valence-corrected chi connectivity index (χ0v) is 14.0. The lowest BCUT2D eigenvalue weighted by atomic mass is 9.86. The Morgan fingerprint density at radius 2 is 2.12 bits per heavy atom. The lowest BCUT2D eigenvalue weighted by Crippen LogP contribution is -2.46. The minimum Gasteiger partial charge on any atom is -0.501 e. The molecule has 0 spiro atoms. The van der Waals surface area contributed by atoms with E-state index in [2.05, 4.69) is 15.6 Å². The van der Waals surface area contributed by atoms with Gasteiger partial charge in [0, 0.05) is 25.6 Å². The first-order valence-corrected chi connectivity index (χ1v) is 8.60. The van der Waals surface area contributed by atoms with Gasteiger partial charge in [0.15, 0.2) is 5.69 Å². The fourth-order valence-corrected chi connectivity index (χ4v) is 3.70. The standard InChI is InChI=1S/C18H19FN4O3/c19-13-3-1-10(2-4-13)7-21-17(25)14-15(24)18(26)23-9-11-5-12(8-20-6-11)16(23)22-14/h1-4,11-12,20,24H,5-9H2,(H,21,25). The first kappa shape index (κ1) is 16.7. The molecule has 3 N–H and O–H groups in total. The minimum absolute atomic E-state index is 0.0550. The Hall–Kier alpha value is -2.74. The number of nitrogens with zero attached hydrogens (tertiary/aromatic N) is 2. The topological polar surface area (TPSA) is 96.2 Å². The third kappa shape index (κ3) is 2.96. The molecule has 26 heavy (non-hydrogen) atoms. The summed E-state index contributed by atoms with van der Waals surface area (Å²) in [5, 5.41) is 16.1. The maximum Gasteiger partial charge on any atom is 0.296 e. The van der Waals surface area contributed by atoms with Crippen LogP contribution in [0.5, 0.6) is 5.75 Å². The molecule has 2 aromatic rings. The van der Waals surface area contributed by atoms with E-state index < -0.39 is 17.2 Å². The molecule has 0 saturated carbocycles. The Labute approximate surface area is 148 Å². The van der Waals surface area contributed by atoms with E-state index in [1.165, 1.54) is 16.7 Å². The number of hydrogen-bond acceptors (Lipinski definition) is 5. The van der Waals surface area contributed by atoms with Gasteiger partial charge in [-0.2, -0.15) is 0 Å². The highest BCUT2D eigenvalue weighted by molar-refractivity contribution is 5.94. The molecule has 0 radical (unpaired) electrons. The van der Waals surface area contributed by atoms with Gasteiger partial charge >= 0.3 is 0 Å². The monoisotopic (exact) mass is 358 g/mol. The molecule has 7 nitrogen and oxygen atoms in total. The van der Waals surface area contributed by atoms with E-state index >= 15 is 0 Å². The number of nitrogens with one attached hydrogen (secondary N) is 2. The van der Waals surface area contributed by atoms with Crippen LogP contribution in [0.15, 0.2) is 29.1 Å². The van der Waals surface area contributed by atoms with E-state index in [0.717, 1.165) is 13.0 Å². The number of benzene rings is 1. The number of amides is 1. The van der Waals surface area contributed by atoms with Crippen LogP contribution in [0.25, 0.3) is 0 Å². The average Bonchev–Trinajstić information content (AvgIpc) is 2.65. The van der Waals surface area contributed by atoms with Gasteiger partial charge in [0.2, 0.25) is 5.75 Å². The van der Waals surface area contributed by atoms with Crippen molar-refractivity contribution in [3.63, 3.8) is 0 Å². The van der Waals surface area contributed by atoms with Gasteiger partial charge in [-0.15, -0.1) is 0 Å². The second-order valence-electron chi connectivity index (χ2n) is 6.85. The van der Waals surface area contributed by atoms with Crippen molar-refractivity contribution in [2.45, 2.75) is 25.4 Å². The number of piperidine rings is 1. The Morgan fingerprint density at radius 1 is 1.35 bits per heavy atom. The third-order valence-corrected chi connectivity index (χ3v) is 5.00. The second kappa shape index (κ2) is 6.53.